The van der Waals surface area contributed by atoms with Gasteiger partial charge in [0.2, 0.25) is 0 Å². The summed E-state index contributed by atoms with van der Waals surface area (Å²) in [7, 11) is 1.40. The number of rotatable bonds is 4. The highest BCUT2D eigenvalue weighted by Crippen LogP contribution is 2.39. The van der Waals surface area contributed by atoms with E-state index in [1.807, 2.05) is 36.4 Å². The molecule has 0 atom stereocenters. The Hall–Kier alpha value is -2.75. The summed E-state index contributed by atoms with van der Waals surface area (Å²) in [6, 6.07) is 14.0. The van der Waals surface area contributed by atoms with Crippen molar-refractivity contribution >= 4 is 17.3 Å². The lowest BCUT2D eigenvalue weighted by Gasteiger charge is -2.24. The predicted molar refractivity (Wildman–Crippen MR) is 90.1 cm³/mol. The second kappa shape index (κ2) is 6.57. The van der Waals surface area contributed by atoms with Gasteiger partial charge in [0.15, 0.2) is 0 Å². The van der Waals surface area contributed by atoms with Gasteiger partial charge in [-0.1, -0.05) is 30.3 Å². The Balaban J connectivity index is 2.06. The molecule has 0 radical (unpaired) electrons. The van der Waals surface area contributed by atoms with Crippen LogP contribution in [0.25, 0.3) is 0 Å². The molecule has 2 aromatic carbocycles. The Labute approximate surface area is 135 Å². The van der Waals surface area contributed by atoms with Crippen molar-refractivity contribution in [2.75, 3.05) is 18.6 Å². The van der Waals surface area contributed by atoms with Crippen molar-refractivity contribution in [1.82, 2.24) is 0 Å². The first-order chi connectivity index (χ1) is 11.2. The molecule has 0 spiro atoms. The fourth-order valence-electron chi connectivity index (χ4n) is 2.75. The Morgan fingerprint density at radius 1 is 1.30 bits per heavy atom. The van der Waals surface area contributed by atoms with Crippen molar-refractivity contribution in [3.05, 3.63) is 66.2 Å². The van der Waals surface area contributed by atoms with E-state index in [9.17, 15) is 4.79 Å². The molecule has 1 aliphatic heterocycles. The van der Waals surface area contributed by atoms with Gasteiger partial charge in [0.1, 0.15) is 12.4 Å². The fraction of sp³-hybridized carbons (Fsp3) is 0.211. The van der Waals surface area contributed by atoms with Crippen LogP contribution in [0.2, 0.25) is 0 Å². The second-order valence-corrected chi connectivity index (χ2v) is 5.37. The van der Waals surface area contributed by atoms with Crippen molar-refractivity contribution < 1.29 is 14.3 Å². The molecule has 0 aromatic heterocycles. The molecule has 23 heavy (non-hydrogen) atoms. The van der Waals surface area contributed by atoms with Crippen LogP contribution in [0.5, 0.6) is 5.75 Å². The molecule has 3 rings (SSSR count). The third-order valence-corrected chi connectivity index (χ3v) is 3.87. The van der Waals surface area contributed by atoms with Gasteiger partial charge in [-0.05, 0) is 23.8 Å². The van der Waals surface area contributed by atoms with E-state index in [0.717, 1.165) is 28.3 Å². The molecule has 0 aliphatic carbocycles. The molecular formula is C19H19NO3. The summed E-state index contributed by atoms with van der Waals surface area (Å²) in [6.07, 6.45) is 2.10. The smallest absolute Gasteiger partial charge is 0.309 e. The van der Waals surface area contributed by atoms with E-state index in [4.69, 9.17) is 9.47 Å². The molecule has 4 heteroatoms. The molecule has 4 nitrogen and oxygen atoms in total. The number of carbonyl (C=O) groups excluding carboxylic acids is 1. The fourth-order valence-corrected chi connectivity index (χ4v) is 2.75. The first-order valence-electron chi connectivity index (χ1n) is 7.52. The number of carbonyl (C=O) groups is 1. The van der Waals surface area contributed by atoms with Crippen molar-refractivity contribution in [3.63, 3.8) is 0 Å². The van der Waals surface area contributed by atoms with Gasteiger partial charge in [-0.25, -0.2) is 0 Å². The SMILES string of the molecule is C=CCN1c2ccccc2COc2ccc(CC(=O)OC)cc21. The van der Waals surface area contributed by atoms with Crippen LogP contribution in [-0.4, -0.2) is 19.6 Å². The summed E-state index contributed by atoms with van der Waals surface area (Å²) in [5.41, 5.74) is 4.06. The minimum Gasteiger partial charge on any atom is -0.487 e. The summed E-state index contributed by atoms with van der Waals surface area (Å²) in [4.78, 5) is 13.7. The van der Waals surface area contributed by atoms with Gasteiger partial charge >= 0.3 is 5.97 Å². The first-order valence-corrected chi connectivity index (χ1v) is 7.52. The largest absolute Gasteiger partial charge is 0.487 e. The van der Waals surface area contributed by atoms with Crippen LogP contribution in [0.1, 0.15) is 11.1 Å². The zero-order valence-corrected chi connectivity index (χ0v) is 13.1. The van der Waals surface area contributed by atoms with Gasteiger partial charge in [0.05, 0.1) is 19.2 Å². The average molecular weight is 309 g/mol. The Kier molecular flexibility index (Phi) is 4.33. The van der Waals surface area contributed by atoms with Gasteiger partial charge in [-0.2, -0.15) is 0 Å². The maximum Gasteiger partial charge on any atom is 0.309 e. The highest BCUT2D eigenvalue weighted by Gasteiger charge is 2.21. The van der Waals surface area contributed by atoms with E-state index in [-0.39, 0.29) is 12.4 Å². The summed E-state index contributed by atoms with van der Waals surface area (Å²) in [5.74, 6) is 0.548. The van der Waals surface area contributed by atoms with Crippen molar-refractivity contribution in [2.45, 2.75) is 13.0 Å². The summed E-state index contributed by atoms with van der Waals surface area (Å²) in [5, 5.41) is 0. The van der Waals surface area contributed by atoms with E-state index in [0.29, 0.717) is 13.2 Å². The van der Waals surface area contributed by atoms with E-state index in [1.165, 1.54) is 7.11 Å². The van der Waals surface area contributed by atoms with Gasteiger partial charge < -0.3 is 14.4 Å². The van der Waals surface area contributed by atoms with Crippen molar-refractivity contribution in [1.29, 1.82) is 0 Å². The molecular weight excluding hydrogens is 290 g/mol. The molecule has 0 unspecified atom stereocenters. The minimum atomic E-state index is -0.254. The third-order valence-electron chi connectivity index (χ3n) is 3.87. The quantitative estimate of drug-likeness (QED) is 0.639. The van der Waals surface area contributed by atoms with Crippen LogP contribution in [0.4, 0.5) is 11.4 Å². The van der Waals surface area contributed by atoms with Crippen LogP contribution >= 0.6 is 0 Å². The summed E-state index contributed by atoms with van der Waals surface area (Å²) in [6.45, 7) is 5.04. The molecule has 0 saturated heterocycles. The van der Waals surface area contributed by atoms with Crippen LogP contribution < -0.4 is 9.64 Å². The van der Waals surface area contributed by atoms with Gasteiger partial charge in [-0.15, -0.1) is 6.58 Å². The number of hydrogen-bond donors (Lipinski definition) is 0. The third kappa shape index (κ3) is 3.06. The molecule has 0 amide bonds. The topological polar surface area (TPSA) is 38.8 Å². The van der Waals surface area contributed by atoms with Crippen molar-refractivity contribution in [2.24, 2.45) is 0 Å². The molecule has 1 heterocycles. The van der Waals surface area contributed by atoms with Crippen LogP contribution in [0.15, 0.2) is 55.1 Å². The Morgan fingerprint density at radius 2 is 2.13 bits per heavy atom. The maximum absolute atomic E-state index is 11.5. The van der Waals surface area contributed by atoms with E-state index >= 15 is 0 Å². The Morgan fingerprint density at radius 3 is 2.91 bits per heavy atom. The number of esters is 1. The highest BCUT2D eigenvalue weighted by molar-refractivity contribution is 5.77. The predicted octanol–water partition coefficient (Wildman–Crippen LogP) is 3.62. The number of fused-ring (bicyclic) bond motifs is 2. The van der Waals surface area contributed by atoms with Crippen molar-refractivity contribution in [3.8, 4) is 5.75 Å². The molecule has 1 aliphatic rings. The molecule has 118 valence electrons. The van der Waals surface area contributed by atoms with E-state index in [1.54, 1.807) is 0 Å². The molecule has 0 bridgehead atoms. The zero-order valence-electron chi connectivity index (χ0n) is 13.1. The number of anilines is 2. The maximum atomic E-state index is 11.5. The highest BCUT2D eigenvalue weighted by atomic mass is 16.5. The molecule has 2 aromatic rings. The molecule has 0 N–H and O–H groups in total. The zero-order chi connectivity index (χ0) is 16.2. The summed E-state index contributed by atoms with van der Waals surface area (Å²) < 4.78 is 10.7. The monoisotopic (exact) mass is 309 g/mol. The number of methoxy groups -OCH3 is 1. The van der Waals surface area contributed by atoms with Crippen LogP contribution in [0.3, 0.4) is 0 Å². The number of para-hydroxylation sites is 1. The average Bonchev–Trinajstić information content (AvgIpc) is 2.73. The van der Waals surface area contributed by atoms with Gasteiger partial charge in [0.25, 0.3) is 0 Å². The second-order valence-electron chi connectivity index (χ2n) is 5.37. The first kappa shape index (κ1) is 15.2. The molecule has 0 fully saturated rings. The Bertz CT molecular complexity index is 739. The van der Waals surface area contributed by atoms with E-state index in [2.05, 4.69) is 23.6 Å². The van der Waals surface area contributed by atoms with Gasteiger partial charge in [0, 0.05) is 17.8 Å². The number of benzene rings is 2. The lowest BCUT2D eigenvalue weighted by atomic mass is 10.1. The number of ether oxygens (including phenoxy) is 2. The molecule has 0 saturated carbocycles. The summed E-state index contributed by atoms with van der Waals surface area (Å²) >= 11 is 0. The standard InChI is InChI=1S/C19H19NO3/c1-3-10-20-16-7-5-4-6-15(16)13-23-18-9-8-14(11-17(18)20)12-19(21)22-2/h3-9,11H,1,10,12-13H2,2H3. The van der Waals surface area contributed by atoms with E-state index < -0.39 is 0 Å². The minimum absolute atomic E-state index is 0.243. The van der Waals surface area contributed by atoms with Crippen LogP contribution in [-0.2, 0) is 22.6 Å². The lowest BCUT2D eigenvalue weighted by Crippen LogP contribution is -2.17. The van der Waals surface area contributed by atoms with Gasteiger partial charge in [-0.3, -0.25) is 4.79 Å². The lowest BCUT2D eigenvalue weighted by molar-refractivity contribution is -0.139. The number of hydrogen-bond acceptors (Lipinski definition) is 4. The number of nitrogens with zero attached hydrogens (tertiary/aromatic N) is 1. The van der Waals surface area contributed by atoms with Crippen LogP contribution in [0, 0.1) is 0 Å². The normalized spacial score (nSPS) is 12.5.